The van der Waals surface area contributed by atoms with Crippen LogP contribution in [0.2, 0.25) is 0 Å². The number of halogens is 3. The first-order valence-electron chi connectivity index (χ1n) is 12.7. The number of alkyl halides is 2. The van der Waals surface area contributed by atoms with Gasteiger partial charge in [-0.3, -0.25) is 14.6 Å². The van der Waals surface area contributed by atoms with Gasteiger partial charge in [-0.25, -0.2) is 8.78 Å². The molecule has 1 aromatic rings. The van der Waals surface area contributed by atoms with E-state index in [2.05, 4.69) is 38.0 Å². The third kappa shape index (κ3) is 5.94. The summed E-state index contributed by atoms with van der Waals surface area (Å²) in [6.45, 7) is 2.66. The van der Waals surface area contributed by atoms with Crippen molar-refractivity contribution < 1.29 is 18.4 Å². The Balaban J connectivity index is 1.50. The third-order valence-electron chi connectivity index (χ3n) is 7.67. The number of anilines is 1. The van der Waals surface area contributed by atoms with Crippen LogP contribution in [0.25, 0.3) is 0 Å². The number of rotatable bonds is 7. The number of carbonyl (C=O) groups is 2. The topological polar surface area (TPSA) is 104 Å². The molecule has 4 rings (SSSR count). The van der Waals surface area contributed by atoms with Crippen molar-refractivity contribution in [1.82, 2.24) is 20.1 Å². The summed E-state index contributed by atoms with van der Waals surface area (Å²) in [6.07, 6.45) is 7.88. The predicted molar refractivity (Wildman–Crippen MR) is 150 cm³/mol. The molecule has 37 heavy (non-hydrogen) atoms. The minimum Gasteiger partial charge on any atom is -0.399 e. The van der Waals surface area contributed by atoms with Crippen LogP contribution in [0.5, 0.6) is 0 Å². The zero-order chi connectivity index (χ0) is 26.7. The maximum absolute atomic E-state index is 15.1. The van der Waals surface area contributed by atoms with Gasteiger partial charge >= 0.3 is 0 Å². The molecule has 0 aromatic carbocycles. The largest absolute Gasteiger partial charge is 0.399 e. The predicted octanol–water partition coefficient (Wildman–Crippen LogP) is 2.33. The van der Waals surface area contributed by atoms with Gasteiger partial charge in [-0.15, -0.1) is 22.4 Å². The van der Waals surface area contributed by atoms with Crippen LogP contribution in [-0.2, 0) is 4.79 Å². The molecule has 3 aliphatic rings. The molecule has 0 radical (unpaired) electrons. The van der Waals surface area contributed by atoms with E-state index in [1.165, 1.54) is 6.20 Å². The van der Waals surface area contributed by atoms with Gasteiger partial charge in [-0.05, 0) is 42.9 Å². The molecule has 200 valence electrons. The lowest BCUT2D eigenvalue weighted by Gasteiger charge is -2.37. The van der Waals surface area contributed by atoms with Gasteiger partial charge < -0.3 is 26.2 Å². The van der Waals surface area contributed by atoms with Crippen molar-refractivity contribution in [1.29, 1.82) is 0 Å². The molecule has 2 amide bonds. The van der Waals surface area contributed by atoms with Crippen LogP contribution in [0, 0.1) is 11.8 Å². The standard InChI is InChI=1S/C25H34BF2IN6O2/c1-15-19(26-29)9-20(30)18(22(15)24(37)34-6-4-3-5-7-34)12-33-21-13-35(14-25(21,27)28)23(36)16-8-17(31-2)11-32-10-16/h8-11,15,21-22,26,31,33H,3-7,12-14,30H2,1-2H3. The first-order chi connectivity index (χ1) is 17.7. The van der Waals surface area contributed by atoms with Gasteiger partial charge in [0.15, 0.2) is 0 Å². The van der Waals surface area contributed by atoms with Crippen molar-refractivity contribution in [2.24, 2.45) is 17.6 Å². The smallest absolute Gasteiger partial charge is 0.282 e. The number of allylic oxidation sites excluding steroid dienone is 2. The molecule has 3 unspecified atom stereocenters. The van der Waals surface area contributed by atoms with E-state index in [9.17, 15) is 9.59 Å². The molecule has 0 saturated carbocycles. The van der Waals surface area contributed by atoms with E-state index in [1.807, 2.05) is 17.9 Å². The number of likely N-dealkylation sites (tertiary alicyclic amines) is 2. The Hall–Kier alpha value is -2.22. The van der Waals surface area contributed by atoms with Gasteiger partial charge in [0.2, 0.25) is 11.0 Å². The molecule has 0 bridgehead atoms. The Morgan fingerprint density at radius 2 is 1.97 bits per heavy atom. The highest BCUT2D eigenvalue weighted by Gasteiger charge is 2.50. The highest BCUT2D eigenvalue weighted by Crippen LogP contribution is 2.36. The maximum Gasteiger partial charge on any atom is 0.282 e. The van der Waals surface area contributed by atoms with E-state index in [0.717, 1.165) is 34.8 Å². The van der Waals surface area contributed by atoms with E-state index in [0.29, 0.717) is 30.0 Å². The molecule has 1 aliphatic carbocycles. The lowest BCUT2D eigenvalue weighted by Crippen LogP contribution is -2.49. The van der Waals surface area contributed by atoms with Crippen LogP contribution >= 0.6 is 22.4 Å². The van der Waals surface area contributed by atoms with Gasteiger partial charge in [-0.2, -0.15) is 0 Å². The quantitative estimate of drug-likeness (QED) is 0.318. The molecule has 4 N–H and O–H groups in total. The number of carbonyl (C=O) groups excluding carboxylic acids is 2. The maximum atomic E-state index is 15.1. The molecule has 3 heterocycles. The second-order valence-electron chi connectivity index (χ2n) is 10.1. The summed E-state index contributed by atoms with van der Waals surface area (Å²) in [7, 11) is 1.70. The second kappa shape index (κ2) is 11.7. The molecule has 3 atom stereocenters. The van der Waals surface area contributed by atoms with Crippen LogP contribution in [0.3, 0.4) is 0 Å². The number of amides is 2. The summed E-state index contributed by atoms with van der Waals surface area (Å²) in [5.41, 5.74) is 9.50. The van der Waals surface area contributed by atoms with Crippen LogP contribution in [-0.4, -0.2) is 83.5 Å². The lowest BCUT2D eigenvalue weighted by atomic mass is 9.69. The average molecular weight is 626 g/mol. The molecule has 2 fully saturated rings. The Morgan fingerprint density at radius 3 is 2.65 bits per heavy atom. The lowest BCUT2D eigenvalue weighted by molar-refractivity contribution is -0.136. The first kappa shape index (κ1) is 27.8. The first-order valence-corrected chi connectivity index (χ1v) is 14.3. The van der Waals surface area contributed by atoms with Crippen molar-refractivity contribution in [2.75, 3.05) is 45.1 Å². The average Bonchev–Trinajstić information content (AvgIpc) is 3.22. The number of hydrogen-bond acceptors (Lipinski definition) is 6. The van der Waals surface area contributed by atoms with Crippen molar-refractivity contribution in [3.05, 3.63) is 46.8 Å². The number of aromatic nitrogens is 1. The second-order valence-corrected chi connectivity index (χ2v) is 10.8. The van der Waals surface area contributed by atoms with Crippen LogP contribution in [0.15, 0.2) is 41.3 Å². The number of pyridine rings is 1. The Bertz CT molecular complexity index is 1090. The van der Waals surface area contributed by atoms with Gasteiger partial charge in [0.1, 0.15) is 0 Å². The highest BCUT2D eigenvalue weighted by atomic mass is 127. The fourth-order valence-electron chi connectivity index (χ4n) is 5.43. The minimum absolute atomic E-state index is 0.0225. The SMILES string of the molecule is CNc1cncc(C(=O)N2CC(NCC3=C(N)C=C(BI)C(C)C3C(=O)N3CCCCC3)C(F)(F)C2)c1. The van der Waals surface area contributed by atoms with Gasteiger partial charge in [0.25, 0.3) is 11.8 Å². The normalized spacial score (nSPS) is 25.6. The number of nitrogens with one attached hydrogen (secondary N) is 2. The third-order valence-corrected chi connectivity index (χ3v) is 8.56. The van der Waals surface area contributed by atoms with Gasteiger partial charge in [-0.1, -0.05) is 12.4 Å². The zero-order valence-electron chi connectivity index (χ0n) is 21.3. The summed E-state index contributed by atoms with van der Waals surface area (Å²) in [6, 6.07) is 0.338. The Morgan fingerprint density at radius 1 is 1.24 bits per heavy atom. The minimum atomic E-state index is -3.13. The Labute approximate surface area is 230 Å². The fourth-order valence-corrected chi connectivity index (χ4v) is 6.34. The number of piperidine rings is 1. The van der Waals surface area contributed by atoms with E-state index in [1.54, 1.807) is 19.3 Å². The summed E-state index contributed by atoms with van der Waals surface area (Å²) in [5, 5.41) is 6.60. The summed E-state index contributed by atoms with van der Waals surface area (Å²) in [4.78, 5) is 33.6. The van der Waals surface area contributed by atoms with Crippen molar-refractivity contribution >= 4 is 45.0 Å². The molecule has 8 nitrogen and oxygen atoms in total. The molecule has 1 aromatic heterocycles. The molecule has 0 spiro atoms. The van der Waals surface area contributed by atoms with E-state index in [-0.39, 0.29) is 30.5 Å². The molecular formula is C25H34BF2IN6O2. The van der Waals surface area contributed by atoms with Gasteiger partial charge in [0.05, 0.1) is 29.8 Å². The summed E-state index contributed by atoms with van der Waals surface area (Å²) >= 11 is 2.27. The monoisotopic (exact) mass is 626 g/mol. The molecular weight excluding hydrogens is 592 g/mol. The molecule has 2 aliphatic heterocycles. The van der Waals surface area contributed by atoms with Crippen LogP contribution in [0.4, 0.5) is 14.5 Å². The Kier molecular flexibility index (Phi) is 8.77. The van der Waals surface area contributed by atoms with E-state index in [4.69, 9.17) is 5.73 Å². The van der Waals surface area contributed by atoms with Gasteiger partial charge in [0, 0.05) is 51.3 Å². The van der Waals surface area contributed by atoms with Crippen LogP contribution in [0.1, 0.15) is 36.5 Å². The highest BCUT2D eigenvalue weighted by molar-refractivity contribution is 14.1. The number of nitrogens with zero attached hydrogens (tertiary/aromatic N) is 3. The van der Waals surface area contributed by atoms with Crippen LogP contribution < -0.4 is 16.4 Å². The zero-order valence-corrected chi connectivity index (χ0v) is 23.4. The molecule has 2 saturated heterocycles. The fraction of sp³-hybridized carbons (Fsp3) is 0.560. The van der Waals surface area contributed by atoms with Crippen molar-refractivity contribution in [3.63, 3.8) is 0 Å². The van der Waals surface area contributed by atoms with Crippen molar-refractivity contribution in [2.45, 2.75) is 38.2 Å². The number of hydrogen-bond donors (Lipinski definition) is 3. The van der Waals surface area contributed by atoms with E-state index < -0.39 is 30.3 Å². The molecule has 12 heteroatoms. The van der Waals surface area contributed by atoms with E-state index >= 15 is 8.78 Å². The number of nitrogens with two attached hydrogens (primary N) is 1. The summed E-state index contributed by atoms with van der Waals surface area (Å²) in [5.74, 6) is -4.15. The summed E-state index contributed by atoms with van der Waals surface area (Å²) < 4.78 is 30.1. The van der Waals surface area contributed by atoms with Crippen molar-refractivity contribution in [3.8, 4) is 0 Å².